The number of aliphatic hydroxyl groups excluding tert-OH is 3. The highest BCUT2D eigenvalue weighted by Gasteiger charge is 2.52. The highest BCUT2D eigenvalue weighted by atomic mass is 16.7. The quantitative estimate of drug-likeness (QED) is 0.188. The van der Waals surface area contributed by atoms with Crippen LogP contribution in [-0.2, 0) is 42.8 Å². The normalized spacial score (nSPS) is 42.1. The number of carbonyl (C=O) groups is 3. The smallest absolute Gasteiger partial charge is 0.308 e. The van der Waals surface area contributed by atoms with Gasteiger partial charge in [0.25, 0.3) is 0 Å². The lowest BCUT2D eigenvalue weighted by atomic mass is 9.83. The number of likely N-dealkylation sites (N-methyl/N-ethyl adjacent to an activating group) is 1. The number of hydrogen-bond donors (Lipinski definition) is 4. The van der Waals surface area contributed by atoms with Gasteiger partial charge in [-0.3, -0.25) is 9.59 Å². The summed E-state index contributed by atoms with van der Waals surface area (Å²) in [7, 11) is 3.54. The van der Waals surface area contributed by atoms with E-state index < -0.39 is 97.0 Å². The highest BCUT2D eigenvalue weighted by molar-refractivity contribution is 5.70. The molecule has 0 saturated carbocycles. The molecule has 3 aliphatic rings. The first-order chi connectivity index (χ1) is 24.8. The van der Waals surface area contributed by atoms with Crippen LogP contribution in [0.25, 0.3) is 0 Å². The standard InChI is InChI=1S/C39H65NO13/c1-22(2)17-31(44)52-37-26(6)49-33(21-39(37,7)47)53-36-25(5)50-38(35(46)34(36)40(8)9)51-30-19-28(42)20-32(45)48-24(4)13-11-10-12-14-29(43)23(3)18-27(30)15-16-41/h10-12,14,16,22-30,33-38,42-43,46-47H,13,15,17-21H2,1-9H3/b11-10+,14-12+/t23-,24-,25+,26+,27+,28+,29+,30-,33-,34+,35+,36-,37-,38-,39+/m1/s1. The number of nitrogens with zero attached hydrogens (tertiary/aromatic N) is 1. The van der Waals surface area contributed by atoms with E-state index >= 15 is 0 Å². The fourth-order valence-corrected chi connectivity index (χ4v) is 7.48. The molecule has 2 saturated heterocycles. The number of cyclic esters (lactones) is 1. The molecule has 0 aliphatic carbocycles. The second-order valence-corrected chi connectivity index (χ2v) is 16.1. The van der Waals surface area contributed by atoms with Crippen molar-refractivity contribution in [1.82, 2.24) is 4.90 Å². The molecule has 2 fully saturated rings. The van der Waals surface area contributed by atoms with E-state index in [1.807, 2.05) is 26.8 Å². The van der Waals surface area contributed by atoms with E-state index in [1.54, 1.807) is 64.9 Å². The van der Waals surface area contributed by atoms with Gasteiger partial charge in [0.05, 0.1) is 43.0 Å². The number of carbonyl (C=O) groups excluding carboxylic acids is 3. The molecule has 0 aromatic heterocycles. The second kappa shape index (κ2) is 20.6. The van der Waals surface area contributed by atoms with E-state index in [0.29, 0.717) is 12.8 Å². The zero-order chi connectivity index (χ0) is 39.6. The Kier molecular flexibility index (Phi) is 17.5. The van der Waals surface area contributed by atoms with Gasteiger partial charge in [0, 0.05) is 32.1 Å². The van der Waals surface area contributed by atoms with Crippen LogP contribution in [-0.4, -0.2) is 137 Å². The molecule has 0 aromatic carbocycles. The van der Waals surface area contributed by atoms with Crippen molar-refractivity contribution < 1.29 is 63.2 Å². The van der Waals surface area contributed by atoms with Crippen LogP contribution in [0.1, 0.15) is 93.4 Å². The number of hydrogen-bond acceptors (Lipinski definition) is 14. The molecule has 14 heteroatoms. The molecular weight excluding hydrogens is 690 g/mol. The molecule has 4 N–H and O–H groups in total. The van der Waals surface area contributed by atoms with Crippen LogP contribution in [0.2, 0.25) is 0 Å². The SMILES string of the molecule is CC(C)CC(=O)O[C@@H]1[C@H](C)O[C@H](O[C@H]2[C@@H](N(C)C)[C@H](O)[C@@H](O[C@@H]3C[C@H](O)CC(=O)O[C@H](C)C/C=C/C=C/[C@H](O)[C@H](C)C[C@@H]3CC=O)O[C@H]2C)C[C@]1(C)O. The van der Waals surface area contributed by atoms with Crippen molar-refractivity contribution in [2.45, 2.75) is 173 Å². The Labute approximate surface area is 314 Å². The van der Waals surface area contributed by atoms with Crippen LogP contribution in [0.4, 0.5) is 0 Å². The largest absolute Gasteiger partial charge is 0.462 e. The molecule has 53 heavy (non-hydrogen) atoms. The van der Waals surface area contributed by atoms with Gasteiger partial charge in [-0.15, -0.1) is 0 Å². The Morgan fingerprint density at radius 2 is 1.75 bits per heavy atom. The maximum atomic E-state index is 12.7. The van der Waals surface area contributed by atoms with Gasteiger partial charge < -0.3 is 58.5 Å². The van der Waals surface area contributed by atoms with Gasteiger partial charge in [-0.2, -0.15) is 0 Å². The lowest BCUT2D eigenvalue weighted by Gasteiger charge is -2.50. The second-order valence-electron chi connectivity index (χ2n) is 16.1. The number of allylic oxidation sites excluding steroid dienone is 2. The average Bonchev–Trinajstić information content (AvgIpc) is 3.03. The predicted octanol–water partition coefficient (Wildman–Crippen LogP) is 2.82. The third kappa shape index (κ3) is 13.5. The Balaban J connectivity index is 1.83. The number of esters is 2. The minimum absolute atomic E-state index is 0.0135. The van der Waals surface area contributed by atoms with Gasteiger partial charge >= 0.3 is 11.9 Å². The summed E-state index contributed by atoms with van der Waals surface area (Å²) >= 11 is 0. The van der Waals surface area contributed by atoms with Crippen molar-refractivity contribution in [3.05, 3.63) is 24.3 Å². The molecule has 15 atom stereocenters. The van der Waals surface area contributed by atoms with E-state index in [9.17, 15) is 34.8 Å². The molecule has 0 aromatic rings. The number of rotatable bonds is 10. The van der Waals surface area contributed by atoms with Crippen molar-refractivity contribution in [3.8, 4) is 0 Å². The van der Waals surface area contributed by atoms with Crippen LogP contribution in [0.5, 0.6) is 0 Å². The molecule has 0 bridgehead atoms. The summed E-state index contributed by atoms with van der Waals surface area (Å²) in [5, 5.41) is 45.2. The molecule has 0 radical (unpaired) electrons. The van der Waals surface area contributed by atoms with Crippen molar-refractivity contribution in [1.29, 1.82) is 0 Å². The van der Waals surface area contributed by atoms with Crippen molar-refractivity contribution in [3.63, 3.8) is 0 Å². The lowest BCUT2D eigenvalue weighted by Crippen LogP contribution is -2.65. The first-order valence-corrected chi connectivity index (χ1v) is 19.0. The maximum absolute atomic E-state index is 12.7. The average molecular weight is 756 g/mol. The highest BCUT2D eigenvalue weighted by Crippen LogP contribution is 2.37. The molecule has 0 spiro atoms. The summed E-state index contributed by atoms with van der Waals surface area (Å²) in [5.41, 5.74) is -1.47. The molecule has 14 nitrogen and oxygen atoms in total. The predicted molar refractivity (Wildman–Crippen MR) is 194 cm³/mol. The Morgan fingerprint density at radius 3 is 2.38 bits per heavy atom. The van der Waals surface area contributed by atoms with E-state index in [4.69, 9.17) is 28.4 Å². The summed E-state index contributed by atoms with van der Waals surface area (Å²) in [5.74, 6) is -1.73. The van der Waals surface area contributed by atoms with Crippen molar-refractivity contribution >= 4 is 18.2 Å². The van der Waals surface area contributed by atoms with Crippen LogP contribution in [0.15, 0.2) is 24.3 Å². The molecule has 3 rings (SSSR count). The Hall–Kier alpha value is -2.27. The fraction of sp³-hybridized carbons (Fsp3) is 0.821. The third-order valence-corrected chi connectivity index (χ3v) is 10.3. The maximum Gasteiger partial charge on any atom is 0.308 e. The summed E-state index contributed by atoms with van der Waals surface area (Å²) < 4.78 is 36.4. The van der Waals surface area contributed by atoms with Gasteiger partial charge in [0.15, 0.2) is 18.7 Å². The minimum Gasteiger partial charge on any atom is -0.462 e. The first kappa shape index (κ1) is 45.1. The van der Waals surface area contributed by atoms with Gasteiger partial charge in [0.2, 0.25) is 0 Å². The van der Waals surface area contributed by atoms with Crippen LogP contribution < -0.4 is 0 Å². The van der Waals surface area contributed by atoms with Gasteiger partial charge in [-0.1, -0.05) is 45.1 Å². The van der Waals surface area contributed by atoms with Gasteiger partial charge in [-0.25, -0.2) is 0 Å². The van der Waals surface area contributed by atoms with E-state index in [1.165, 1.54) is 0 Å². The van der Waals surface area contributed by atoms with E-state index in [0.717, 1.165) is 6.29 Å². The summed E-state index contributed by atoms with van der Waals surface area (Å²) in [6.45, 7) is 12.4. The summed E-state index contributed by atoms with van der Waals surface area (Å²) in [4.78, 5) is 38.9. The monoisotopic (exact) mass is 755 g/mol. The molecule has 0 unspecified atom stereocenters. The van der Waals surface area contributed by atoms with Crippen LogP contribution >= 0.6 is 0 Å². The number of aliphatic hydroxyl groups is 4. The Bertz CT molecular complexity index is 1220. The Morgan fingerprint density at radius 1 is 1.06 bits per heavy atom. The zero-order valence-corrected chi connectivity index (χ0v) is 32.9. The van der Waals surface area contributed by atoms with Gasteiger partial charge in [-0.05, 0) is 66.0 Å². The zero-order valence-electron chi connectivity index (χ0n) is 32.9. The van der Waals surface area contributed by atoms with E-state index in [-0.39, 0.29) is 43.9 Å². The summed E-state index contributed by atoms with van der Waals surface area (Å²) in [6.07, 6.45) is -1.47. The van der Waals surface area contributed by atoms with Crippen LogP contribution in [0.3, 0.4) is 0 Å². The molecule has 304 valence electrons. The van der Waals surface area contributed by atoms with Crippen LogP contribution in [0, 0.1) is 17.8 Å². The lowest BCUT2D eigenvalue weighted by molar-refractivity contribution is -0.340. The minimum atomic E-state index is -1.47. The van der Waals surface area contributed by atoms with Crippen molar-refractivity contribution in [2.75, 3.05) is 14.1 Å². The molecule has 0 amide bonds. The first-order valence-electron chi connectivity index (χ1n) is 19.0. The van der Waals surface area contributed by atoms with Gasteiger partial charge in [0.1, 0.15) is 30.2 Å². The molecule has 3 aliphatic heterocycles. The van der Waals surface area contributed by atoms with E-state index in [2.05, 4.69) is 0 Å². The number of aldehydes is 1. The third-order valence-electron chi connectivity index (χ3n) is 10.3. The van der Waals surface area contributed by atoms with Crippen molar-refractivity contribution in [2.24, 2.45) is 17.8 Å². The molecule has 3 heterocycles. The molecular formula is C39H65NO13. The summed E-state index contributed by atoms with van der Waals surface area (Å²) in [6, 6.07) is -0.703. The fourth-order valence-electron chi connectivity index (χ4n) is 7.48. The number of ether oxygens (including phenoxy) is 6. The topological polar surface area (TPSA) is 191 Å².